The molecule has 2 N–H and O–H groups in total. The Labute approximate surface area is 210 Å². The lowest BCUT2D eigenvalue weighted by Gasteiger charge is -2.35. The minimum Gasteiger partial charge on any atom is -0.479 e. The molecule has 4 rings (SSSR count). The summed E-state index contributed by atoms with van der Waals surface area (Å²) >= 11 is 6.19. The summed E-state index contributed by atoms with van der Waals surface area (Å²) < 4.78 is 8.36. The fourth-order valence-corrected chi connectivity index (χ4v) is 5.15. The molecule has 0 saturated carbocycles. The Morgan fingerprint density at radius 3 is 2.40 bits per heavy atom. The molecule has 0 aliphatic carbocycles. The van der Waals surface area contributed by atoms with Gasteiger partial charge < -0.3 is 24.6 Å². The third-order valence-electron chi connectivity index (χ3n) is 6.36. The Morgan fingerprint density at radius 2 is 1.83 bits per heavy atom. The highest BCUT2D eigenvalue weighted by molar-refractivity contribution is 6.30. The summed E-state index contributed by atoms with van der Waals surface area (Å²) in [4.78, 5) is 27.6. The molecule has 35 heavy (non-hydrogen) atoms. The van der Waals surface area contributed by atoms with Crippen LogP contribution in [-0.4, -0.2) is 47.3 Å². The third-order valence-corrected chi connectivity index (χ3v) is 6.62. The third kappa shape index (κ3) is 4.56. The number of likely N-dealkylation sites (N-methyl/N-ethyl adjacent to an activating group) is 1. The van der Waals surface area contributed by atoms with Gasteiger partial charge in [0, 0.05) is 34.8 Å². The molecule has 8 heteroatoms. The molecule has 0 bridgehead atoms. The molecule has 0 saturated heterocycles. The van der Waals surface area contributed by atoms with E-state index in [-0.39, 0.29) is 12.5 Å². The molecule has 1 aliphatic rings. The van der Waals surface area contributed by atoms with Crippen LogP contribution >= 0.6 is 11.6 Å². The van der Waals surface area contributed by atoms with Gasteiger partial charge in [-0.25, -0.2) is 4.79 Å². The van der Waals surface area contributed by atoms with Crippen LogP contribution < -0.4 is 10.2 Å². The first-order chi connectivity index (χ1) is 16.4. The van der Waals surface area contributed by atoms with Crippen LogP contribution in [0.4, 0.5) is 5.69 Å². The van der Waals surface area contributed by atoms with E-state index < -0.39 is 17.7 Å². The Kier molecular flexibility index (Phi) is 6.70. The number of carbonyl (C=O) groups is 2. The van der Waals surface area contributed by atoms with Crippen LogP contribution in [0.15, 0.2) is 30.3 Å². The highest BCUT2D eigenvalue weighted by Crippen LogP contribution is 2.48. The Hall–Kier alpha value is -2.87. The number of carboxylic acid groups (broad SMARTS) is 1. The highest BCUT2D eigenvalue weighted by Gasteiger charge is 2.37. The fourth-order valence-electron chi connectivity index (χ4n) is 5.03. The van der Waals surface area contributed by atoms with Gasteiger partial charge in [0.1, 0.15) is 0 Å². The van der Waals surface area contributed by atoms with Crippen molar-refractivity contribution < 1.29 is 19.4 Å². The second-order valence-electron chi connectivity index (χ2n) is 9.99. The average Bonchev–Trinajstić information content (AvgIpc) is 3.11. The largest absolute Gasteiger partial charge is 0.479 e. The van der Waals surface area contributed by atoms with Crippen molar-refractivity contribution in [2.75, 3.05) is 25.0 Å². The minimum absolute atomic E-state index is 0.0594. The number of aliphatic carboxylic acids is 1. The molecule has 2 aromatic carbocycles. The van der Waals surface area contributed by atoms with Crippen molar-refractivity contribution in [1.82, 2.24) is 9.88 Å². The number of rotatable bonds is 6. The summed E-state index contributed by atoms with van der Waals surface area (Å²) in [6, 6.07) is 9.48. The first-order valence-electron chi connectivity index (χ1n) is 11.7. The van der Waals surface area contributed by atoms with Crippen molar-refractivity contribution in [2.24, 2.45) is 0 Å². The van der Waals surface area contributed by atoms with Gasteiger partial charge in [-0.05, 0) is 76.6 Å². The van der Waals surface area contributed by atoms with Gasteiger partial charge in [-0.1, -0.05) is 23.7 Å². The number of hydrogen-bond donors (Lipinski definition) is 2. The van der Waals surface area contributed by atoms with Gasteiger partial charge in [-0.3, -0.25) is 4.79 Å². The molecule has 1 amide bonds. The molecule has 1 atom stereocenters. The summed E-state index contributed by atoms with van der Waals surface area (Å²) in [6.07, 6.45) is -1.23. The summed E-state index contributed by atoms with van der Waals surface area (Å²) in [5.74, 6) is -1.14. The number of nitrogens with one attached hydrogen (secondary N) is 1. The minimum atomic E-state index is -1.23. The molecule has 0 fully saturated rings. The highest BCUT2D eigenvalue weighted by atomic mass is 35.5. The Morgan fingerprint density at radius 1 is 1.17 bits per heavy atom. The zero-order chi connectivity index (χ0) is 25.7. The summed E-state index contributed by atoms with van der Waals surface area (Å²) in [7, 11) is 1.74. The average molecular weight is 498 g/mol. The lowest BCUT2D eigenvalue weighted by atomic mass is 9.87. The van der Waals surface area contributed by atoms with Gasteiger partial charge in [-0.15, -0.1) is 0 Å². The zero-order valence-electron chi connectivity index (χ0n) is 21.0. The maximum absolute atomic E-state index is 13.1. The van der Waals surface area contributed by atoms with Crippen molar-refractivity contribution in [1.29, 1.82) is 0 Å². The number of aromatic nitrogens is 1. The number of aryl methyl sites for hydroxylation is 1. The van der Waals surface area contributed by atoms with E-state index in [2.05, 4.69) is 16.0 Å². The van der Waals surface area contributed by atoms with Crippen molar-refractivity contribution in [3.63, 3.8) is 0 Å². The van der Waals surface area contributed by atoms with E-state index >= 15 is 0 Å². The summed E-state index contributed by atoms with van der Waals surface area (Å²) in [5.41, 5.74) is 4.94. The van der Waals surface area contributed by atoms with Gasteiger partial charge in [0.05, 0.1) is 23.3 Å². The number of hydrogen-bond acceptors (Lipinski definition) is 4. The number of nitrogens with zero attached hydrogens (tertiary/aromatic N) is 2. The maximum Gasteiger partial charge on any atom is 0.337 e. The van der Waals surface area contributed by atoms with E-state index in [1.54, 1.807) is 24.1 Å². The molecule has 0 radical (unpaired) electrons. The van der Waals surface area contributed by atoms with Gasteiger partial charge >= 0.3 is 5.97 Å². The monoisotopic (exact) mass is 497 g/mol. The van der Waals surface area contributed by atoms with Crippen molar-refractivity contribution in [3.05, 3.63) is 52.2 Å². The summed E-state index contributed by atoms with van der Waals surface area (Å²) in [5, 5.41) is 14.8. The predicted molar refractivity (Wildman–Crippen MR) is 139 cm³/mol. The smallest absolute Gasteiger partial charge is 0.337 e. The van der Waals surface area contributed by atoms with Crippen LogP contribution in [0.3, 0.4) is 0 Å². The van der Waals surface area contributed by atoms with Gasteiger partial charge in [-0.2, -0.15) is 0 Å². The molecule has 0 spiro atoms. The Bertz CT molecular complexity index is 1310. The van der Waals surface area contributed by atoms with E-state index in [1.165, 1.54) is 0 Å². The first-order valence-corrected chi connectivity index (χ1v) is 12.1. The number of benzene rings is 2. The predicted octanol–water partition coefficient (Wildman–Crippen LogP) is 5.09. The molecule has 2 heterocycles. The topological polar surface area (TPSA) is 83.8 Å². The number of amides is 1. The standard InChI is InChI=1S/C27H32ClN3O4/c1-15-13-19-22(17-7-9-18(28)10-8-17)21(25(26(33)34)35-27(3,4)5)16(2)23-24(19)30(15)11-12-31(23)20(32)14-29-6/h7-10,13,25,29H,11-12,14H2,1-6H3,(H,33,34)/t25-/m0/s1. The van der Waals surface area contributed by atoms with Crippen LogP contribution in [0.1, 0.15) is 43.7 Å². The van der Waals surface area contributed by atoms with Crippen molar-refractivity contribution >= 4 is 40.1 Å². The van der Waals surface area contributed by atoms with Crippen molar-refractivity contribution in [2.45, 2.75) is 52.9 Å². The SMILES string of the molecule is CNCC(=O)N1CCn2c(C)cc3c(-c4ccc(Cl)cc4)c([C@H](OC(C)(C)C)C(=O)O)c(C)c1c32. The van der Waals surface area contributed by atoms with Crippen LogP contribution in [-0.2, 0) is 20.9 Å². The van der Waals surface area contributed by atoms with Gasteiger partial charge in [0.2, 0.25) is 5.91 Å². The van der Waals surface area contributed by atoms with E-state index in [0.717, 1.165) is 39.0 Å². The van der Waals surface area contributed by atoms with Gasteiger partial charge in [0.25, 0.3) is 0 Å². The maximum atomic E-state index is 13.1. The van der Waals surface area contributed by atoms with Crippen LogP contribution in [0.25, 0.3) is 22.0 Å². The molecule has 186 valence electrons. The number of anilines is 1. The second-order valence-corrected chi connectivity index (χ2v) is 10.4. The summed E-state index contributed by atoms with van der Waals surface area (Å²) in [6.45, 7) is 10.8. The normalized spacial score (nSPS) is 14.4. The first kappa shape index (κ1) is 25.2. The Balaban J connectivity index is 2.15. The molecule has 1 aliphatic heterocycles. The molecule has 3 aromatic rings. The van der Waals surface area contributed by atoms with Gasteiger partial charge in [0.15, 0.2) is 6.10 Å². The lowest BCUT2D eigenvalue weighted by Crippen LogP contribution is -2.42. The number of carboxylic acids is 1. The zero-order valence-corrected chi connectivity index (χ0v) is 21.8. The molecule has 7 nitrogen and oxygen atoms in total. The van der Waals surface area contributed by atoms with E-state index in [9.17, 15) is 14.7 Å². The van der Waals surface area contributed by atoms with Crippen LogP contribution in [0.2, 0.25) is 5.02 Å². The van der Waals surface area contributed by atoms with E-state index in [4.69, 9.17) is 16.3 Å². The number of carbonyl (C=O) groups excluding carboxylic acids is 1. The number of ether oxygens (including phenoxy) is 1. The van der Waals surface area contributed by atoms with Crippen LogP contribution in [0, 0.1) is 13.8 Å². The fraction of sp³-hybridized carbons (Fsp3) is 0.407. The molecule has 0 unspecified atom stereocenters. The lowest BCUT2D eigenvalue weighted by molar-refractivity contribution is -0.160. The second kappa shape index (κ2) is 9.30. The quantitative estimate of drug-likeness (QED) is 0.496. The van der Waals surface area contributed by atoms with E-state index in [1.807, 2.05) is 46.8 Å². The molecule has 1 aromatic heterocycles. The molecular weight excluding hydrogens is 466 g/mol. The van der Waals surface area contributed by atoms with E-state index in [0.29, 0.717) is 23.7 Å². The molecular formula is C27H32ClN3O4. The van der Waals surface area contributed by atoms with Crippen molar-refractivity contribution in [3.8, 4) is 11.1 Å². The van der Waals surface area contributed by atoms with Crippen LogP contribution in [0.5, 0.6) is 0 Å². The number of halogens is 1.